The molecule has 0 saturated carbocycles. The van der Waals surface area contributed by atoms with Gasteiger partial charge >= 0.3 is 0 Å². The maximum Gasteiger partial charge on any atom is 0.237 e. The fourth-order valence-corrected chi connectivity index (χ4v) is 3.88. The van der Waals surface area contributed by atoms with Crippen molar-refractivity contribution in [2.45, 2.75) is 44.7 Å². The number of piperidine rings is 1. The van der Waals surface area contributed by atoms with Crippen LogP contribution in [0.4, 0.5) is 0 Å². The van der Waals surface area contributed by atoms with Crippen molar-refractivity contribution in [3.05, 3.63) is 35.9 Å². The minimum Gasteiger partial charge on any atom is -0.396 e. The summed E-state index contributed by atoms with van der Waals surface area (Å²) in [5.74, 6) is 0.106. The van der Waals surface area contributed by atoms with E-state index in [-0.39, 0.29) is 24.0 Å². The first-order valence-corrected chi connectivity index (χ1v) is 9.47. The second-order valence-electron chi connectivity index (χ2n) is 7.46. The number of hydrogen-bond acceptors (Lipinski definition) is 4. The molecule has 1 aromatic carbocycles. The fraction of sp³-hybridized carbons (Fsp3) is 0.650. The molecule has 0 bridgehead atoms. The summed E-state index contributed by atoms with van der Waals surface area (Å²) in [5, 5.41) is 12.9. The van der Waals surface area contributed by atoms with Crippen LogP contribution in [0.15, 0.2) is 30.3 Å². The fourth-order valence-electron chi connectivity index (χ4n) is 3.88. The van der Waals surface area contributed by atoms with Crippen molar-refractivity contribution < 1.29 is 14.6 Å². The molecule has 1 amide bonds. The molecule has 2 fully saturated rings. The van der Waals surface area contributed by atoms with E-state index in [0.717, 1.165) is 45.2 Å². The van der Waals surface area contributed by atoms with Crippen molar-refractivity contribution >= 4 is 5.91 Å². The van der Waals surface area contributed by atoms with Crippen LogP contribution < -0.4 is 5.32 Å². The molecule has 0 aromatic heterocycles. The number of rotatable bonds is 6. The molecule has 2 N–H and O–H groups in total. The van der Waals surface area contributed by atoms with Gasteiger partial charge in [-0.25, -0.2) is 0 Å². The normalized spacial score (nSPS) is 24.0. The molecule has 5 heteroatoms. The zero-order valence-electron chi connectivity index (χ0n) is 15.0. The van der Waals surface area contributed by atoms with Crippen LogP contribution in [0.25, 0.3) is 0 Å². The second-order valence-corrected chi connectivity index (χ2v) is 7.46. The molecular weight excluding hydrogens is 316 g/mol. The van der Waals surface area contributed by atoms with Gasteiger partial charge in [-0.15, -0.1) is 0 Å². The van der Waals surface area contributed by atoms with E-state index >= 15 is 0 Å². The van der Waals surface area contributed by atoms with Crippen LogP contribution in [0.5, 0.6) is 0 Å². The van der Waals surface area contributed by atoms with Gasteiger partial charge in [0, 0.05) is 31.7 Å². The SMILES string of the molecule is O=C(NCC1(CO)CCOCC1)C1CCCCN1Cc1ccccc1. The number of amides is 1. The Balaban J connectivity index is 1.58. The van der Waals surface area contributed by atoms with Crippen molar-refractivity contribution in [1.82, 2.24) is 10.2 Å². The third-order valence-corrected chi connectivity index (χ3v) is 5.67. The van der Waals surface area contributed by atoms with E-state index in [1.807, 2.05) is 18.2 Å². The van der Waals surface area contributed by atoms with Crippen molar-refractivity contribution in [2.24, 2.45) is 5.41 Å². The monoisotopic (exact) mass is 346 g/mol. The Morgan fingerprint density at radius 3 is 2.72 bits per heavy atom. The van der Waals surface area contributed by atoms with Crippen LogP contribution in [0.3, 0.4) is 0 Å². The van der Waals surface area contributed by atoms with E-state index in [4.69, 9.17) is 4.74 Å². The quantitative estimate of drug-likeness (QED) is 0.826. The number of carbonyl (C=O) groups is 1. The molecule has 2 aliphatic heterocycles. The third kappa shape index (κ3) is 4.81. The van der Waals surface area contributed by atoms with E-state index in [1.54, 1.807) is 0 Å². The second kappa shape index (κ2) is 8.79. The summed E-state index contributed by atoms with van der Waals surface area (Å²) in [6, 6.07) is 10.3. The van der Waals surface area contributed by atoms with Crippen LogP contribution in [0, 0.1) is 5.41 Å². The zero-order chi connectivity index (χ0) is 17.5. The Morgan fingerprint density at radius 1 is 1.24 bits per heavy atom. The first-order chi connectivity index (χ1) is 12.2. The van der Waals surface area contributed by atoms with E-state index in [1.165, 1.54) is 5.56 Å². The van der Waals surface area contributed by atoms with Gasteiger partial charge in [-0.1, -0.05) is 36.8 Å². The van der Waals surface area contributed by atoms with Crippen LogP contribution in [0.2, 0.25) is 0 Å². The van der Waals surface area contributed by atoms with Gasteiger partial charge in [0.05, 0.1) is 12.6 Å². The predicted octanol–water partition coefficient (Wildman–Crippen LogP) is 1.95. The lowest BCUT2D eigenvalue weighted by molar-refractivity contribution is -0.129. The predicted molar refractivity (Wildman–Crippen MR) is 97.1 cm³/mol. The summed E-state index contributed by atoms with van der Waals surface area (Å²) in [4.78, 5) is 15.1. The van der Waals surface area contributed by atoms with E-state index in [9.17, 15) is 9.90 Å². The summed E-state index contributed by atoms with van der Waals surface area (Å²) in [6.45, 7) is 3.76. The zero-order valence-corrected chi connectivity index (χ0v) is 15.0. The van der Waals surface area contributed by atoms with Crippen molar-refractivity contribution in [3.63, 3.8) is 0 Å². The van der Waals surface area contributed by atoms with Crippen molar-refractivity contribution in [2.75, 3.05) is 32.9 Å². The summed E-state index contributed by atoms with van der Waals surface area (Å²) >= 11 is 0. The number of hydrogen-bond donors (Lipinski definition) is 2. The van der Waals surface area contributed by atoms with E-state index in [2.05, 4.69) is 22.3 Å². The Labute approximate surface area is 150 Å². The minimum absolute atomic E-state index is 0.0652. The molecule has 5 nitrogen and oxygen atoms in total. The van der Waals surface area contributed by atoms with E-state index < -0.39 is 0 Å². The molecule has 1 atom stereocenters. The van der Waals surface area contributed by atoms with E-state index in [0.29, 0.717) is 19.8 Å². The third-order valence-electron chi connectivity index (χ3n) is 5.67. The largest absolute Gasteiger partial charge is 0.396 e. The lowest BCUT2D eigenvalue weighted by Gasteiger charge is -2.38. The van der Waals surface area contributed by atoms with Gasteiger partial charge in [0.1, 0.15) is 0 Å². The summed E-state index contributed by atoms with van der Waals surface area (Å²) in [5.41, 5.74) is 1.03. The number of carbonyl (C=O) groups excluding carboxylic acids is 1. The van der Waals surface area contributed by atoms with Crippen LogP contribution >= 0.6 is 0 Å². The molecule has 2 heterocycles. The van der Waals surface area contributed by atoms with Gasteiger partial charge in [0.2, 0.25) is 5.91 Å². The topological polar surface area (TPSA) is 61.8 Å². The molecular formula is C20H30N2O3. The highest BCUT2D eigenvalue weighted by molar-refractivity contribution is 5.81. The average Bonchev–Trinajstić information content (AvgIpc) is 2.68. The van der Waals surface area contributed by atoms with Gasteiger partial charge in [-0.2, -0.15) is 0 Å². The lowest BCUT2D eigenvalue weighted by Crippen LogP contribution is -2.52. The highest BCUT2D eigenvalue weighted by atomic mass is 16.5. The molecule has 3 rings (SSSR count). The smallest absolute Gasteiger partial charge is 0.237 e. The molecule has 0 spiro atoms. The number of likely N-dealkylation sites (tertiary alicyclic amines) is 1. The van der Waals surface area contributed by atoms with Gasteiger partial charge < -0.3 is 15.2 Å². The maximum atomic E-state index is 12.8. The molecule has 0 aliphatic carbocycles. The molecule has 1 unspecified atom stereocenters. The molecule has 25 heavy (non-hydrogen) atoms. The highest BCUT2D eigenvalue weighted by Gasteiger charge is 2.34. The molecule has 0 radical (unpaired) electrons. The first kappa shape index (κ1) is 18.4. The molecule has 138 valence electrons. The van der Waals surface area contributed by atoms with Crippen LogP contribution in [-0.2, 0) is 16.1 Å². The van der Waals surface area contributed by atoms with Gasteiger partial charge in [-0.05, 0) is 37.8 Å². The Kier molecular flexibility index (Phi) is 6.45. The summed E-state index contributed by atoms with van der Waals surface area (Å²) < 4.78 is 5.40. The lowest BCUT2D eigenvalue weighted by atomic mass is 9.81. The Hall–Kier alpha value is -1.43. The Bertz CT molecular complexity index is 543. The van der Waals surface area contributed by atoms with Gasteiger partial charge in [0.15, 0.2) is 0 Å². The number of aliphatic hydroxyl groups is 1. The van der Waals surface area contributed by atoms with Gasteiger partial charge in [-0.3, -0.25) is 9.69 Å². The van der Waals surface area contributed by atoms with Crippen molar-refractivity contribution in [3.8, 4) is 0 Å². The number of aliphatic hydroxyl groups excluding tert-OH is 1. The Morgan fingerprint density at radius 2 is 2.00 bits per heavy atom. The number of benzene rings is 1. The highest BCUT2D eigenvalue weighted by Crippen LogP contribution is 2.29. The summed E-state index contributed by atoms with van der Waals surface area (Å²) in [6.07, 6.45) is 4.77. The number of nitrogens with one attached hydrogen (secondary N) is 1. The molecule has 2 saturated heterocycles. The van der Waals surface area contributed by atoms with Crippen molar-refractivity contribution in [1.29, 1.82) is 0 Å². The molecule has 1 aromatic rings. The van der Waals surface area contributed by atoms with Crippen LogP contribution in [-0.4, -0.2) is 54.9 Å². The van der Waals surface area contributed by atoms with Crippen LogP contribution in [0.1, 0.15) is 37.7 Å². The first-order valence-electron chi connectivity index (χ1n) is 9.47. The molecule has 2 aliphatic rings. The number of ether oxygens (including phenoxy) is 1. The minimum atomic E-state index is -0.215. The standard InChI is InChI=1S/C20H30N2O3/c23-16-20(9-12-25-13-10-20)15-21-19(24)18-8-4-5-11-22(18)14-17-6-2-1-3-7-17/h1-3,6-7,18,23H,4-5,8-16H2,(H,21,24). The average molecular weight is 346 g/mol. The summed E-state index contributed by atoms with van der Waals surface area (Å²) in [7, 11) is 0. The maximum absolute atomic E-state index is 12.8. The van der Waals surface area contributed by atoms with Gasteiger partial charge in [0.25, 0.3) is 0 Å². The number of nitrogens with zero attached hydrogens (tertiary/aromatic N) is 1.